The van der Waals surface area contributed by atoms with E-state index in [-0.39, 0.29) is 0 Å². The van der Waals surface area contributed by atoms with Gasteiger partial charge in [0, 0.05) is 26.9 Å². The number of nitrogens with one attached hydrogen (secondary N) is 1. The second kappa shape index (κ2) is 5.90. The van der Waals surface area contributed by atoms with Gasteiger partial charge in [-0.1, -0.05) is 18.2 Å². The molecule has 0 bridgehead atoms. The number of halogens is 1. The summed E-state index contributed by atoms with van der Waals surface area (Å²) in [6.45, 7) is 0.920. The van der Waals surface area contributed by atoms with Crippen molar-refractivity contribution in [2.24, 2.45) is 0 Å². The molecule has 0 aliphatic carbocycles. The lowest BCUT2D eigenvalue weighted by atomic mass is 10.1. The van der Waals surface area contributed by atoms with Gasteiger partial charge in [-0.2, -0.15) is 5.26 Å². The number of fused-ring (bicyclic) bond motifs is 1. The molecular formula is C16H13BrN2S. The summed E-state index contributed by atoms with van der Waals surface area (Å²) in [5.74, 6) is 0. The maximum Gasteiger partial charge on any atom is 0.0992 e. The van der Waals surface area contributed by atoms with Gasteiger partial charge >= 0.3 is 0 Å². The average Bonchev–Trinajstić information content (AvgIpc) is 2.88. The highest BCUT2D eigenvalue weighted by atomic mass is 79.9. The van der Waals surface area contributed by atoms with Crippen LogP contribution in [0.2, 0.25) is 0 Å². The third kappa shape index (κ3) is 2.84. The number of benzene rings is 2. The molecule has 20 heavy (non-hydrogen) atoms. The first-order valence-electron chi connectivity index (χ1n) is 6.44. The average molecular weight is 345 g/mol. The number of rotatable bonds is 3. The molecule has 100 valence electrons. The van der Waals surface area contributed by atoms with E-state index in [1.807, 2.05) is 30.0 Å². The van der Waals surface area contributed by atoms with Gasteiger partial charge in [-0.15, -0.1) is 11.8 Å². The highest BCUT2D eigenvalue weighted by molar-refractivity contribution is 9.10. The Morgan fingerprint density at radius 3 is 2.90 bits per heavy atom. The lowest BCUT2D eigenvalue weighted by molar-refractivity contribution is 0.898. The summed E-state index contributed by atoms with van der Waals surface area (Å²) in [7, 11) is 0. The molecule has 0 spiro atoms. The van der Waals surface area contributed by atoms with Crippen molar-refractivity contribution in [3.8, 4) is 6.07 Å². The molecule has 4 heteroatoms. The van der Waals surface area contributed by atoms with Crippen molar-refractivity contribution < 1.29 is 0 Å². The fourth-order valence-electron chi connectivity index (χ4n) is 2.32. The van der Waals surface area contributed by atoms with E-state index < -0.39 is 0 Å². The molecule has 1 unspecified atom stereocenters. The summed E-state index contributed by atoms with van der Waals surface area (Å²) in [6, 6.07) is 16.4. The Morgan fingerprint density at radius 1 is 1.30 bits per heavy atom. The van der Waals surface area contributed by atoms with Crippen molar-refractivity contribution in [2.45, 2.75) is 16.6 Å². The summed E-state index contributed by atoms with van der Waals surface area (Å²) in [6.07, 6.45) is 1.11. The van der Waals surface area contributed by atoms with E-state index in [0.717, 1.165) is 23.1 Å². The van der Waals surface area contributed by atoms with Crippen LogP contribution in [0.25, 0.3) is 0 Å². The van der Waals surface area contributed by atoms with Crippen molar-refractivity contribution >= 4 is 33.4 Å². The largest absolute Gasteiger partial charge is 0.383 e. The molecule has 1 aliphatic rings. The Bertz CT molecular complexity index is 653. The second-order valence-electron chi connectivity index (χ2n) is 4.74. The fourth-order valence-corrected chi connectivity index (χ4v) is 4.09. The van der Waals surface area contributed by atoms with Crippen LogP contribution < -0.4 is 5.32 Å². The van der Waals surface area contributed by atoms with Gasteiger partial charge in [0.2, 0.25) is 0 Å². The quantitative estimate of drug-likeness (QED) is 0.893. The zero-order chi connectivity index (χ0) is 13.9. The van der Waals surface area contributed by atoms with Crippen molar-refractivity contribution in [1.82, 2.24) is 0 Å². The SMILES string of the molecule is N#Cc1ccc(NCC2Cc3ccccc3S2)c(Br)c1. The summed E-state index contributed by atoms with van der Waals surface area (Å²) in [5, 5.41) is 12.9. The third-order valence-corrected chi connectivity index (χ3v) is 5.31. The van der Waals surface area contributed by atoms with Crippen molar-refractivity contribution in [3.05, 3.63) is 58.1 Å². The lowest BCUT2D eigenvalue weighted by Gasteiger charge is -2.12. The molecular weight excluding hydrogens is 332 g/mol. The zero-order valence-electron chi connectivity index (χ0n) is 10.8. The lowest BCUT2D eigenvalue weighted by Crippen LogP contribution is -2.16. The number of nitrogens with zero attached hydrogens (tertiary/aromatic N) is 1. The molecule has 1 N–H and O–H groups in total. The molecule has 0 fully saturated rings. The first kappa shape index (κ1) is 13.5. The first-order chi connectivity index (χ1) is 9.76. The van der Waals surface area contributed by atoms with Crippen molar-refractivity contribution in [3.63, 3.8) is 0 Å². The standard InChI is InChI=1S/C16H13BrN2S/c17-14-7-11(9-18)5-6-15(14)19-10-13-8-12-3-1-2-4-16(12)20-13/h1-7,13,19H,8,10H2. The van der Waals surface area contributed by atoms with Crippen molar-refractivity contribution in [2.75, 3.05) is 11.9 Å². The number of hydrogen-bond donors (Lipinski definition) is 1. The monoisotopic (exact) mass is 344 g/mol. The predicted molar refractivity (Wildman–Crippen MR) is 87.1 cm³/mol. The molecule has 0 saturated carbocycles. The fraction of sp³-hybridized carbons (Fsp3) is 0.188. The molecule has 0 radical (unpaired) electrons. The van der Waals surface area contributed by atoms with Crippen LogP contribution in [-0.2, 0) is 6.42 Å². The van der Waals surface area contributed by atoms with E-state index in [1.165, 1.54) is 10.5 Å². The minimum Gasteiger partial charge on any atom is -0.383 e. The molecule has 1 aliphatic heterocycles. The minimum atomic E-state index is 0.565. The van der Waals surface area contributed by atoms with Crippen molar-refractivity contribution in [1.29, 1.82) is 5.26 Å². The molecule has 2 aromatic rings. The van der Waals surface area contributed by atoms with Crippen LogP contribution in [-0.4, -0.2) is 11.8 Å². The van der Waals surface area contributed by atoms with Gasteiger partial charge in [-0.05, 0) is 52.2 Å². The molecule has 0 aromatic heterocycles. The van der Waals surface area contributed by atoms with Gasteiger partial charge in [0.25, 0.3) is 0 Å². The van der Waals surface area contributed by atoms with Crippen LogP contribution in [0.5, 0.6) is 0 Å². The zero-order valence-corrected chi connectivity index (χ0v) is 13.2. The third-order valence-electron chi connectivity index (χ3n) is 3.33. The molecule has 1 heterocycles. The van der Waals surface area contributed by atoms with E-state index in [4.69, 9.17) is 5.26 Å². The highest BCUT2D eigenvalue weighted by Gasteiger charge is 2.21. The van der Waals surface area contributed by atoms with Crippen LogP contribution >= 0.6 is 27.7 Å². The van der Waals surface area contributed by atoms with Gasteiger partial charge in [0.05, 0.1) is 11.6 Å². The topological polar surface area (TPSA) is 35.8 Å². The maximum atomic E-state index is 8.86. The predicted octanol–water partition coefficient (Wildman–Crippen LogP) is 4.45. The molecule has 2 aromatic carbocycles. The summed E-state index contributed by atoms with van der Waals surface area (Å²) < 4.78 is 0.942. The van der Waals surface area contributed by atoms with Crippen LogP contribution in [0.3, 0.4) is 0 Å². The van der Waals surface area contributed by atoms with E-state index in [2.05, 4.69) is 51.6 Å². The number of anilines is 1. The number of thioether (sulfide) groups is 1. The van der Waals surface area contributed by atoms with E-state index in [1.54, 1.807) is 0 Å². The van der Waals surface area contributed by atoms with Crippen LogP contribution in [0.4, 0.5) is 5.69 Å². The summed E-state index contributed by atoms with van der Waals surface area (Å²) in [4.78, 5) is 1.40. The summed E-state index contributed by atoms with van der Waals surface area (Å²) in [5.41, 5.74) is 3.16. The number of nitriles is 1. The molecule has 0 amide bonds. The number of hydrogen-bond acceptors (Lipinski definition) is 3. The Labute approximate surface area is 131 Å². The first-order valence-corrected chi connectivity index (χ1v) is 8.11. The van der Waals surface area contributed by atoms with Crippen LogP contribution in [0.1, 0.15) is 11.1 Å². The van der Waals surface area contributed by atoms with Gasteiger partial charge in [-0.3, -0.25) is 0 Å². The normalized spacial score (nSPS) is 16.5. The summed E-state index contributed by atoms with van der Waals surface area (Å²) >= 11 is 5.44. The van der Waals surface area contributed by atoms with Gasteiger partial charge in [0.15, 0.2) is 0 Å². The van der Waals surface area contributed by atoms with Gasteiger partial charge in [0.1, 0.15) is 0 Å². The maximum absolute atomic E-state index is 8.86. The molecule has 2 nitrogen and oxygen atoms in total. The van der Waals surface area contributed by atoms with E-state index >= 15 is 0 Å². The molecule has 3 rings (SSSR count). The smallest absolute Gasteiger partial charge is 0.0992 e. The Hall–Kier alpha value is -1.44. The Kier molecular flexibility index (Phi) is 4.00. The molecule has 1 atom stereocenters. The van der Waals surface area contributed by atoms with Gasteiger partial charge < -0.3 is 5.32 Å². The second-order valence-corrected chi connectivity index (χ2v) is 6.94. The van der Waals surface area contributed by atoms with E-state index in [9.17, 15) is 0 Å². The van der Waals surface area contributed by atoms with Gasteiger partial charge in [-0.25, -0.2) is 0 Å². The highest BCUT2D eigenvalue weighted by Crippen LogP contribution is 2.37. The van der Waals surface area contributed by atoms with E-state index in [0.29, 0.717) is 10.8 Å². The Morgan fingerprint density at radius 2 is 2.15 bits per heavy atom. The van der Waals surface area contributed by atoms with Crippen LogP contribution in [0, 0.1) is 11.3 Å². The minimum absolute atomic E-state index is 0.565. The van der Waals surface area contributed by atoms with Crippen LogP contribution in [0.15, 0.2) is 51.8 Å². The Balaban J connectivity index is 1.63. The molecule has 0 saturated heterocycles.